The summed E-state index contributed by atoms with van der Waals surface area (Å²) in [6.45, 7) is 6.31. The maximum atomic E-state index is 12.1. The van der Waals surface area contributed by atoms with Gasteiger partial charge in [-0.25, -0.2) is 4.79 Å². The van der Waals surface area contributed by atoms with E-state index < -0.39 is 30.3 Å². The highest BCUT2D eigenvalue weighted by Gasteiger charge is 2.33. The lowest BCUT2D eigenvalue weighted by Gasteiger charge is -2.29. The van der Waals surface area contributed by atoms with Crippen LogP contribution in [0.5, 0.6) is 0 Å². The predicted octanol–water partition coefficient (Wildman–Crippen LogP) is 3.19. The van der Waals surface area contributed by atoms with Crippen LogP contribution in [-0.4, -0.2) is 35.9 Å². The van der Waals surface area contributed by atoms with E-state index >= 15 is 0 Å². The smallest absolute Gasteiger partial charge is 0.410 e. The third-order valence-corrected chi connectivity index (χ3v) is 1.87. The molecule has 1 atom stereocenters. The third kappa shape index (κ3) is 6.53. The zero-order valence-corrected chi connectivity index (χ0v) is 10.2. The summed E-state index contributed by atoms with van der Waals surface area (Å²) in [5.74, 6) is 0. The fraction of sp³-hybridized carbons (Fsp3) is 0.900. The summed E-state index contributed by atoms with van der Waals surface area (Å²) in [6.07, 6.45) is -6.07. The Bertz CT molecular complexity index is 245. The van der Waals surface area contributed by atoms with Crippen molar-refractivity contribution in [3.8, 4) is 0 Å². The minimum Gasteiger partial charge on any atom is -0.444 e. The van der Waals surface area contributed by atoms with Crippen LogP contribution in [-0.2, 0) is 4.74 Å². The zero-order valence-electron chi connectivity index (χ0n) is 10.2. The number of hydrogen-bond acceptors (Lipinski definition) is 2. The molecule has 0 saturated carbocycles. The van der Waals surface area contributed by atoms with Crippen LogP contribution < -0.4 is 0 Å². The average Bonchev–Trinajstić information content (AvgIpc) is 1.96. The molecule has 0 aliphatic heterocycles. The molecule has 0 aromatic carbocycles. The SMILES string of the molecule is CC(CC(F)(F)F)N(C)C(=O)OC(C)(C)C. The second-order valence-corrected chi connectivity index (χ2v) is 4.76. The second kappa shape index (κ2) is 4.93. The van der Waals surface area contributed by atoms with Crippen molar-refractivity contribution >= 4 is 6.09 Å². The number of amides is 1. The van der Waals surface area contributed by atoms with Crippen LogP contribution in [0.15, 0.2) is 0 Å². The molecule has 0 heterocycles. The average molecular weight is 241 g/mol. The molecule has 1 unspecified atom stereocenters. The van der Waals surface area contributed by atoms with E-state index in [9.17, 15) is 18.0 Å². The fourth-order valence-electron chi connectivity index (χ4n) is 0.986. The van der Waals surface area contributed by atoms with E-state index in [4.69, 9.17) is 4.74 Å². The lowest BCUT2D eigenvalue weighted by molar-refractivity contribution is -0.144. The number of carbonyl (C=O) groups is 1. The van der Waals surface area contributed by atoms with Gasteiger partial charge in [0.05, 0.1) is 6.42 Å². The predicted molar refractivity (Wildman–Crippen MR) is 54.1 cm³/mol. The minimum atomic E-state index is -4.28. The van der Waals surface area contributed by atoms with Gasteiger partial charge in [-0.3, -0.25) is 0 Å². The number of rotatable bonds is 2. The fourth-order valence-corrected chi connectivity index (χ4v) is 0.986. The molecule has 0 aromatic heterocycles. The number of carbonyl (C=O) groups excluding carboxylic acids is 1. The van der Waals surface area contributed by atoms with Crippen molar-refractivity contribution in [2.24, 2.45) is 0 Å². The molecule has 0 radical (unpaired) electrons. The van der Waals surface area contributed by atoms with Crippen LogP contribution in [0.2, 0.25) is 0 Å². The lowest BCUT2D eigenvalue weighted by atomic mass is 10.2. The number of ether oxygens (including phenoxy) is 1. The summed E-state index contributed by atoms with van der Waals surface area (Å²) >= 11 is 0. The highest BCUT2D eigenvalue weighted by molar-refractivity contribution is 5.68. The molecule has 0 rings (SSSR count). The van der Waals surface area contributed by atoms with E-state index in [2.05, 4.69) is 0 Å². The van der Waals surface area contributed by atoms with E-state index in [-0.39, 0.29) is 0 Å². The summed E-state index contributed by atoms with van der Waals surface area (Å²) in [5.41, 5.74) is -0.705. The normalized spacial score (nSPS) is 14.5. The van der Waals surface area contributed by atoms with Crippen molar-refractivity contribution in [3.63, 3.8) is 0 Å². The van der Waals surface area contributed by atoms with Gasteiger partial charge < -0.3 is 9.64 Å². The zero-order chi connectivity index (χ0) is 13.1. The van der Waals surface area contributed by atoms with Gasteiger partial charge in [0.15, 0.2) is 0 Å². The Hall–Kier alpha value is -0.940. The second-order valence-electron chi connectivity index (χ2n) is 4.76. The van der Waals surface area contributed by atoms with Crippen molar-refractivity contribution in [1.82, 2.24) is 4.90 Å². The molecule has 96 valence electrons. The molecule has 6 heteroatoms. The molecule has 3 nitrogen and oxygen atoms in total. The van der Waals surface area contributed by atoms with Crippen molar-refractivity contribution in [2.75, 3.05) is 7.05 Å². The minimum absolute atomic E-state index is 0.705. The quantitative estimate of drug-likeness (QED) is 0.743. The van der Waals surface area contributed by atoms with Gasteiger partial charge in [0, 0.05) is 13.1 Å². The van der Waals surface area contributed by atoms with Gasteiger partial charge in [-0.05, 0) is 27.7 Å². The number of halogens is 3. The molecule has 16 heavy (non-hydrogen) atoms. The number of alkyl halides is 3. The van der Waals surface area contributed by atoms with Gasteiger partial charge in [-0.15, -0.1) is 0 Å². The van der Waals surface area contributed by atoms with E-state index in [0.29, 0.717) is 0 Å². The Morgan fingerprint density at radius 1 is 1.31 bits per heavy atom. The summed E-state index contributed by atoms with van der Waals surface area (Å²) < 4.78 is 41.2. The van der Waals surface area contributed by atoms with Crippen molar-refractivity contribution < 1.29 is 22.7 Å². The number of nitrogens with zero attached hydrogens (tertiary/aromatic N) is 1. The molecule has 0 saturated heterocycles. The van der Waals surface area contributed by atoms with E-state index in [1.165, 1.54) is 14.0 Å². The molecular weight excluding hydrogens is 223 g/mol. The van der Waals surface area contributed by atoms with Crippen LogP contribution in [0.1, 0.15) is 34.1 Å². The first-order valence-electron chi connectivity index (χ1n) is 4.95. The van der Waals surface area contributed by atoms with Crippen molar-refractivity contribution in [1.29, 1.82) is 0 Å². The molecular formula is C10H18F3NO2. The van der Waals surface area contributed by atoms with Gasteiger partial charge in [-0.2, -0.15) is 13.2 Å². The maximum Gasteiger partial charge on any atom is 0.410 e. The first-order valence-corrected chi connectivity index (χ1v) is 4.95. The van der Waals surface area contributed by atoms with Crippen LogP contribution in [0.25, 0.3) is 0 Å². The maximum absolute atomic E-state index is 12.1. The first-order chi connectivity index (χ1) is 6.92. The monoisotopic (exact) mass is 241 g/mol. The van der Waals surface area contributed by atoms with Gasteiger partial charge in [0.2, 0.25) is 0 Å². The van der Waals surface area contributed by atoms with Gasteiger partial charge in [0.25, 0.3) is 0 Å². The highest BCUT2D eigenvalue weighted by Crippen LogP contribution is 2.24. The molecule has 0 bridgehead atoms. The van der Waals surface area contributed by atoms with Crippen LogP contribution >= 0.6 is 0 Å². The van der Waals surface area contributed by atoms with Crippen LogP contribution in [0, 0.1) is 0 Å². The Labute approximate surface area is 93.6 Å². The molecule has 0 N–H and O–H groups in total. The highest BCUT2D eigenvalue weighted by atomic mass is 19.4. The summed E-state index contributed by atoms with van der Waals surface area (Å²) in [7, 11) is 1.30. The summed E-state index contributed by atoms with van der Waals surface area (Å²) in [5, 5.41) is 0. The van der Waals surface area contributed by atoms with Gasteiger partial charge >= 0.3 is 12.3 Å². The standard InChI is InChI=1S/C10H18F3NO2/c1-7(6-10(11,12)13)14(5)8(15)16-9(2,3)4/h7H,6H2,1-5H3. The summed E-state index contributed by atoms with van der Waals surface area (Å²) in [4.78, 5) is 12.4. The van der Waals surface area contributed by atoms with E-state index in [0.717, 1.165) is 4.90 Å². The van der Waals surface area contributed by atoms with Crippen molar-refractivity contribution in [3.05, 3.63) is 0 Å². The van der Waals surface area contributed by atoms with Gasteiger partial charge in [-0.1, -0.05) is 0 Å². The van der Waals surface area contributed by atoms with Crippen molar-refractivity contribution in [2.45, 2.75) is 51.9 Å². The Balaban J connectivity index is 4.34. The molecule has 1 amide bonds. The molecule has 0 aliphatic carbocycles. The van der Waals surface area contributed by atoms with E-state index in [1.807, 2.05) is 0 Å². The van der Waals surface area contributed by atoms with E-state index in [1.54, 1.807) is 20.8 Å². The lowest BCUT2D eigenvalue weighted by Crippen LogP contribution is -2.41. The largest absolute Gasteiger partial charge is 0.444 e. The number of hydrogen-bond donors (Lipinski definition) is 0. The Morgan fingerprint density at radius 2 is 1.75 bits per heavy atom. The van der Waals surface area contributed by atoms with Crippen LogP contribution in [0.3, 0.4) is 0 Å². The first kappa shape index (κ1) is 15.1. The molecule has 0 aromatic rings. The van der Waals surface area contributed by atoms with Gasteiger partial charge in [0.1, 0.15) is 5.60 Å². The third-order valence-electron chi connectivity index (χ3n) is 1.87. The summed E-state index contributed by atoms with van der Waals surface area (Å²) in [6, 6.07) is -0.935. The molecule has 0 spiro atoms. The Morgan fingerprint density at radius 3 is 2.06 bits per heavy atom. The molecule has 0 aliphatic rings. The Kier molecular flexibility index (Phi) is 4.64. The topological polar surface area (TPSA) is 29.5 Å². The van der Waals surface area contributed by atoms with Crippen LogP contribution in [0.4, 0.5) is 18.0 Å². The molecule has 0 fully saturated rings.